The Morgan fingerprint density at radius 1 is 1.26 bits per heavy atom. The van der Waals surface area contributed by atoms with E-state index in [1.54, 1.807) is 45.0 Å². The van der Waals surface area contributed by atoms with Crippen molar-refractivity contribution < 1.29 is 19.6 Å². The van der Waals surface area contributed by atoms with Gasteiger partial charge in [0.1, 0.15) is 11.3 Å². The van der Waals surface area contributed by atoms with Crippen LogP contribution in [0.4, 0.5) is 0 Å². The minimum absolute atomic E-state index is 0.0751. The second-order valence-electron chi connectivity index (χ2n) is 5.33. The number of aromatic amines is 1. The van der Waals surface area contributed by atoms with Gasteiger partial charge in [-0.05, 0) is 26.8 Å². The van der Waals surface area contributed by atoms with E-state index in [0.717, 1.165) is 0 Å². The molecule has 1 aromatic heterocycles. The Bertz CT molecular complexity index is 613. The third-order valence-electron chi connectivity index (χ3n) is 2.61. The third-order valence-corrected chi connectivity index (χ3v) is 2.61. The van der Waals surface area contributed by atoms with Gasteiger partial charge in [0.25, 0.3) is 0 Å². The predicted octanol–water partition coefficient (Wildman–Crippen LogP) is 0.803. The minimum atomic E-state index is -1.74. The molecule has 100 valence electrons. The van der Waals surface area contributed by atoms with Crippen LogP contribution in [-0.2, 0) is 4.74 Å². The second-order valence-corrected chi connectivity index (χ2v) is 5.33. The SMILES string of the molecule is CC(C)(C)OC(=O)c1[nH]c2ccccc2c1B(O)O. The first-order valence-corrected chi connectivity index (χ1v) is 5.99. The van der Waals surface area contributed by atoms with Gasteiger partial charge in [-0.25, -0.2) is 4.79 Å². The number of nitrogens with one attached hydrogen (secondary N) is 1. The topological polar surface area (TPSA) is 82.6 Å². The lowest BCUT2D eigenvalue weighted by Crippen LogP contribution is -2.36. The van der Waals surface area contributed by atoms with E-state index in [1.165, 1.54) is 0 Å². The summed E-state index contributed by atoms with van der Waals surface area (Å²) in [7, 11) is -1.74. The quantitative estimate of drug-likeness (QED) is 0.551. The molecular weight excluding hydrogens is 245 g/mol. The maximum absolute atomic E-state index is 12.1. The fourth-order valence-electron chi connectivity index (χ4n) is 1.92. The van der Waals surface area contributed by atoms with Gasteiger partial charge in [0.15, 0.2) is 0 Å². The molecule has 2 aromatic rings. The average Bonchev–Trinajstić information content (AvgIpc) is 2.65. The molecule has 0 bridgehead atoms. The van der Waals surface area contributed by atoms with Crippen LogP contribution in [0.15, 0.2) is 24.3 Å². The molecule has 0 aliphatic heterocycles. The highest BCUT2D eigenvalue weighted by Crippen LogP contribution is 2.16. The molecule has 0 radical (unpaired) electrons. The maximum Gasteiger partial charge on any atom is 0.491 e. The number of carbonyl (C=O) groups is 1. The van der Waals surface area contributed by atoms with Gasteiger partial charge in [-0.2, -0.15) is 0 Å². The van der Waals surface area contributed by atoms with Crippen LogP contribution in [0, 0.1) is 0 Å². The molecule has 3 N–H and O–H groups in total. The Morgan fingerprint density at radius 2 is 1.89 bits per heavy atom. The molecule has 19 heavy (non-hydrogen) atoms. The summed E-state index contributed by atoms with van der Waals surface area (Å²) in [5.74, 6) is -0.605. The summed E-state index contributed by atoms with van der Waals surface area (Å²) in [4.78, 5) is 15.0. The summed E-state index contributed by atoms with van der Waals surface area (Å²) < 4.78 is 5.25. The number of aromatic nitrogens is 1. The normalized spacial score (nSPS) is 11.6. The van der Waals surface area contributed by atoms with Crippen molar-refractivity contribution in [1.82, 2.24) is 4.98 Å². The minimum Gasteiger partial charge on any atom is -0.455 e. The van der Waals surface area contributed by atoms with Gasteiger partial charge in [-0.3, -0.25) is 0 Å². The zero-order valence-corrected chi connectivity index (χ0v) is 11.1. The lowest BCUT2D eigenvalue weighted by molar-refractivity contribution is 0.00649. The van der Waals surface area contributed by atoms with Crippen LogP contribution in [0.3, 0.4) is 0 Å². The lowest BCUT2D eigenvalue weighted by Gasteiger charge is -2.19. The number of hydrogen-bond acceptors (Lipinski definition) is 4. The van der Waals surface area contributed by atoms with Crippen molar-refractivity contribution in [3.63, 3.8) is 0 Å². The van der Waals surface area contributed by atoms with E-state index in [1.807, 2.05) is 0 Å². The van der Waals surface area contributed by atoms with E-state index in [2.05, 4.69) is 4.98 Å². The first-order chi connectivity index (χ1) is 8.79. The standard InChI is InChI=1S/C13H16BNO4/c1-13(2,3)19-12(16)11-10(14(17)18)8-6-4-5-7-9(8)15-11/h4-7,15,17-18H,1-3H3. The van der Waals surface area contributed by atoms with Crippen LogP contribution >= 0.6 is 0 Å². The highest BCUT2D eigenvalue weighted by molar-refractivity contribution is 6.63. The van der Waals surface area contributed by atoms with E-state index < -0.39 is 18.7 Å². The number of hydrogen-bond donors (Lipinski definition) is 3. The number of fused-ring (bicyclic) bond motifs is 1. The Hall–Kier alpha value is -1.79. The molecule has 0 spiro atoms. The summed E-state index contributed by atoms with van der Waals surface area (Å²) in [5, 5.41) is 19.5. The molecule has 0 saturated heterocycles. The van der Waals surface area contributed by atoms with Gasteiger partial charge in [0.2, 0.25) is 0 Å². The number of para-hydroxylation sites is 1. The van der Waals surface area contributed by atoms with Crippen LogP contribution in [0.25, 0.3) is 10.9 Å². The zero-order chi connectivity index (χ0) is 14.2. The van der Waals surface area contributed by atoms with Crippen LogP contribution in [0.5, 0.6) is 0 Å². The monoisotopic (exact) mass is 261 g/mol. The fraction of sp³-hybridized carbons (Fsp3) is 0.308. The average molecular weight is 261 g/mol. The Labute approximate surface area is 111 Å². The van der Waals surface area contributed by atoms with E-state index in [9.17, 15) is 14.8 Å². The Kier molecular flexibility index (Phi) is 3.39. The van der Waals surface area contributed by atoms with Crippen molar-refractivity contribution in [3.8, 4) is 0 Å². The molecule has 6 heteroatoms. The molecule has 0 saturated carbocycles. The van der Waals surface area contributed by atoms with Gasteiger partial charge in [0, 0.05) is 16.4 Å². The molecular formula is C13H16BNO4. The summed E-state index contributed by atoms with van der Waals surface area (Å²) in [6.45, 7) is 5.26. The molecule has 0 atom stereocenters. The highest BCUT2D eigenvalue weighted by Gasteiger charge is 2.28. The largest absolute Gasteiger partial charge is 0.491 e. The molecule has 5 nitrogen and oxygen atoms in total. The van der Waals surface area contributed by atoms with Crippen molar-refractivity contribution in [1.29, 1.82) is 0 Å². The van der Waals surface area contributed by atoms with Crippen molar-refractivity contribution in [3.05, 3.63) is 30.0 Å². The molecule has 1 aromatic carbocycles. The van der Waals surface area contributed by atoms with Gasteiger partial charge in [-0.15, -0.1) is 0 Å². The van der Waals surface area contributed by atoms with Gasteiger partial charge in [0.05, 0.1) is 0 Å². The summed E-state index contributed by atoms with van der Waals surface area (Å²) in [6, 6.07) is 7.04. The molecule has 0 amide bonds. The Balaban J connectivity index is 2.53. The van der Waals surface area contributed by atoms with E-state index in [-0.39, 0.29) is 11.2 Å². The van der Waals surface area contributed by atoms with Crippen molar-refractivity contribution >= 4 is 29.5 Å². The summed E-state index contributed by atoms with van der Waals surface area (Å²) in [6.07, 6.45) is 0. The molecule has 1 heterocycles. The number of carbonyl (C=O) groups excluding carboxylic acids is 1. The number of ether oxygens (including phenoxy) is 1. The number of rotatable bonds is 2. The maximum atomic E-state index is 12.1. The second kappa shape index (κ2) is 4.72. The number of esters is 1. The van der Waals surface area contributed by atoms with Crippen LogP contribution in [0.1, 0.15) is 31.3 Å². The third kappa shape index (κ3) is 2.80. The molecule has 0 unspecified atom stereocenters. The first kappa shape index (κ1) is 13.6. The van der Waals surface area contributed by atoms with Gasteiger partial charge >= 0.3 is 13.1 Å². The fourth-order valence-corrected chi connectivity index (χ4v) is 1.92. The van der Waals surface area contributed by atoms with Gasteiger partial charge in [-0.1, -0.05) is 18.2 Å². The number of benzene rings is 1. The molecule has 0 aliphatic carbocycles. The van der Waals surface area contributed by atoms with Crippen LogP contribution in [0.2, 0.25) is 0 Å². The van der Waals surface area contributed by atoms with Crippen LogP contribution in [-0.4, -0.2) is 33.7 Å². The zero-order valence-electron chi connectivity index (χ0n) is 11.1. The number of H-pyrrole nitrogens is 1. The predicted molar refractivity (Wildman–Crippen MR) is 73.3 cm³/mol. The first-order valence-electron chi connectivity index (χ1n) is 5.99. The van der Waals surface area contributed by atoms with E-state index in [0.29, 0.717) is 10.9 Å². The summed E-state index contributed by atoms with van der Waals surface area (Å²) in [5.41, 5.74) is 0.230. The molecule has 0 fully saturated rings. The van der Waals surface area contributed by atoms with E-state index in [4.69, 9.17) is 4.74 Å². The smallest absolute Gasteiger partial charge is 0.455 e. The van der Waals surface area contributed by atoms with Crippen LogP contribution < -0.4 is 5.46 Å². The van der Waals surface area contributed by atoms with Crippen molar-refractivity contribution in [2.45, 2.75) is 26.4 Å². The highest BCUT2D eigenvalue weighted by atomic mass is 16.6. The van der Waals surface area contributed by atoms with Gasteiger partial charge < -0.3 is 19.8 Å². The molecule has 2 rings (SSSR count). The van der Waals surface area contributed by atoms with Crippen molar-refractivity contribution in [2.24, 2.45) is 0 Å². The summed E-state index contributed by atoms with van der Waals surface area (Å²) >= 11 is 0. The van der Waals surface area contributed by atoms with E-state index >= 15 is 0 Å². The lowest BCUT2D eigenvalue weighted by atomic mass is 9.78. The van der Waals surface area contributed by atoms with Crippen molar-refractivity contribution in [2.75, 3.05) is 0 Å². The molecule has 0 aliphatic rings. The Morgan fingerprint density at radius 3 is 2.47 bits per heavy atom.